The van der Waals surface area contributed by atoms with Crippen molar-refractivity contribution in [3.05, 3.63) is 95.6 Å². The van der Waals surface area contributed by atoms with Crippen molar-refractivity contribution in [2.45, 2.75) is 37.8 Å². The molecule has 168 valence electrons. The van der Waals surface area contributed by atoms with Crippen LogP contribution in [0, 0.1) is 13.8 Å². The van der Waals surface area contributed by atoms with E-state index in [2.05, 4.69) is 5.32 Å². The number of amides is 1. The summed E-state index contributed by atoms with van der Waals surface area (Å²) in [6.45, 7) is 5.58. The van der Waals surface area contributed by atoms with E-state index in [0.29, 0.717) is 11.3 Å². The molecule has 0 aliphatic heterocycles. The quantitative estimate of drug-likeness (QED) is 0.528. The molecule has 7 heteroatoms. The van der Waals surface area contributed by atoms with Gasteiger partial charge in [0.2, 0.25) is 10.0 Å². The highest BCUT2D eigenvalue weighted by Crippen LogP contribution is 2.29. The number of rotatable bonds is 7. The standard InChI is InChI=1S/C25H28N2O4S/c1-18-10-14-22(15-11-18)26-25(28)31-24(21-8-6-5-7-9-21)20(3)27(4)32(29,30)23-16-12-19(2)13-17-23/h5-17,20,24H,1-4H3,(H,26,28). The van der Waals surface area contributed by atoms with E-state index in [9.17, 15) is 13.2 Å². The summed E-state index contributed by atoms with van der Waals surface area (Å²) in [7, 11) is -2.29. The van der Waals surface area contributed by atoms with Crippen LogP contribution in [0.3, 0.4) is 0 Å². The van der Waals surface area contributed by atoms with Crippen molar-refractivity contribution in [2.75, 3.05) is 12.4 Å². The lowest BCUT2D eigenvalue weighted by Gasteiger charge is -2.31. The fourth-order valence-electron chi connectivity index (χ4n) is 3.27. The number of hydrogen-bond acceptors (Lipinski definition) is 4. The molecule has 0 radical (unpaired) electrons. The van der Waals surface area contributed by atoms with E-state index in [1.54, 1.807) is 43.3 Å². The Morgan fingerprint density at radius 2 is 1.41 bits per heavy atom. The van der Waals surface area contributed by atoms with Gasteiger partial charge in [0.1, 0.15) is 6.10 Å². The van der Waals surface area contributed by atoms with Gasteiger partial charge in [-0.15, -0.1) is 0 Å². The summed E-state index contributed by atoms with van der Waals surface area (Å²) in [5, 5.41) is 2.71. The fraction of sp³-hybridized carbons (Fsp3) is 0.240. The van der Waals surface area contributed by atoms with Crippen LogP contribution in [0.25, 0.3) is 0 Å². The topological polar surface area (TPSA) is 75.7 Å². The number of likely N-dealkylation sites (N-methyl/N-ethyl adjacent to an activating group) is 1. The lowest BCUT2D eigenvalue weighted by atomic mass is 10.0. The Balaban J connectivity index is 1.85. The van der Waals surface area contributed by atoms with Crippen LogP contribution in [-0.2, 0) is 14.8 Å². The highest BCUT2D eigenvalue weighted by molar-refractivity contribution is 7.89. The lowest BCUT2D eigenvalue weighted by Crippen LogP contribution is -2.40. The molecule has 3 aromatic rings. The van der Waals surface area contributed by atoms with Crippen LogP contribution in [0.2, 0.25) is 0 Å². The molecule has 0 saturated carbocycles. The van der Waals surface area contributed by atoms with Gasteiger partial charge in [-0.05, 0) is 50.6 Å². The predicted octanol–water partition coefficient (Wildman–Crippen LogP) is 5.30. The van der Waals surface area contributed by atoms with E-state index in [1.807, 2.05) is 56.3 Å². The van der Waals surface area contributed by atoms with E-state index in [0.717, 1.165) is 11.1 Å². The summed E-state index contributed by atoms with van der Waals surface area (Å²) >= 11 is 0. The fourth-order valence-corrected chi connectivity index (χ4v) is 4.63. The van der Waals surface area contributed by atoms with Crippen molar-refractivity contribution in [2.24, 2.45) is 0 Å². The minimum atomic E-state index is -3.79. The molecule has 0 aliphatic rings. The normalized spacial score (nSPS) is 13.4. The van der Waals surface area contributed by atoms with Crippen LogP contribution in [0.15, 0.2) is 83.8 Å². The van der Waals surface area contributed by atoms with Crippen molar-refractivity contribution >= 4 is 21.8 Å². The second-order valence-electron chi connectivity index (χ2n) is 7.80. The number of carbonyl (C=O) groups excluding carboxylic acids is 1. The number of aryl methyl sites for hydroxylation is 2. The monoisotopic (exact) mass is 452 g/mol. The second-order valence-corrected chi connectivity index (χ2v) is 9.80. The Hall–Kier alpha value is -3.16. The minimum Gasteiger partial charge on any atom is -0.439 e. The number of benzene rings is 3. The lowest BCUT2D eigenvalue weighted by molar-refractivity contribution is 0.0724. The van der Waals surface area contributed by atoms with Crippen LogP contribution in [0.5, 0.6) is 0 Å². The van der Waals surface area contributed by atoms with Crippen molar-refractivity contribution in [3.8, 4) is 0 Å². The maximum atomic E-state index is 13.2. The maximum Gasteiger partial charge on any atom is 0.412 e. The van der Waals surface area contributed by atoms with Gasteiger partial charge in [0, 0.05) is 12.7 Å². The van der Waals surface area contributed by atoms with Crippen LogP contribution in [0.1, 0.15) is 29.7 Å². The van der Waals surface area contributed by atoms with Gasteiger partial charge in [0.25, 0.3) is 0 Å². The number of hydrogen-bond donors (Lipinski definition) is 1. The Labute approximate surface area is 189 Å². The number of nitrogens with one attached hydrogen (secondary N) is 1. The van der Waals surface area contributed by atoms with Crippen LogP contribution in [-0.4, -0.2) is 31.9 Å². The molecule has 0 saturated heterocycles. The summed E-state index contributed by atoms with van der Waals surface area (Å²) in [4.78, 5) is 12.9. The minimum absolute atomic E-state index is 0.188. The van der Waals surface area contributed by atoms with E-state index < -0.39 is 28.3 Å². The summed E-state index contributed by atoms with van der Waals surface area (Å²) in [6.07, 6.45) is -1.47. The summed E-state index contributed by atoms with van der Waals surface area (Å²) in [5.74, 6) is 0. The molecule has 0 spiro atoms. The van der Waals surface area contributed by atoms with Crippen LogP contribution < -0.4 is 5.32 Å². The van der Waals surface area contributed by atoms with Crippen molar-refractivity contribution < 1.29 is 17.9 Å². The average molecular weight is 453 g/mol. The Kier molecular flexibility index (Phi) is 7.33. The molecular weight excluding hydrogens is 424 g/mol. The Morgan fingerprint density at radius 3 is 1.97 bits per heavy atom. The molecule has 2 atom stereocenters. The highest BCUT2D eigenvalue weighted by atomic mass is 32.2. The van der Waals surface area contributed by atoms with Gasteiger partial charge in [-0.25, -0.2) is 13.2 Å². The van der Waals surface area contributed by atoms with Gasteiger partial charge < -0.3 is 4.74 Å². The molecule has 0 heterocycles. The first kappa shape index (κ1) is 23.5. The third-order valence-corrected chi connectivity index (χ3v) is 7.33. The first-order chi connectivity index (χ1) is 15.2. The first-order valence-corrected chi connectivity index (χ1v) is 11.8. The maximum absolute atomic E-state index is 13.2. The van der Waals surface area contributed by atoms with Gasteiger partial charge in [-0.1, -0.05) is 65.7 Å². The molecule has 0 fully saturated rings. The molecule has 0 bridgehead atoms. The van der Waals surface area contributed by atoms with E-state index in [4.69, 9.17) is 4.74 Å². The van der Waals surface area contributed by atoms with Crippen molar-refractivity contribution in [1.29, 1.82) is 0 Å². The molecule has 2 unspecified atom stereocenters. The molecule has 3 aromatic carbocycles. The Bertz CT molecular complexity index is 1140. The number of ether oxygens (including phenoxy) is 1. The summed E-state index contributed by atoms with van der Waals surface area (Å²) in [5.41, 5.74) is 3.34. The van der Waals surface area contributed by atoms with Gasteiger partial charge in [-0.3, -0.25) is 5.32 Å². The second kappa shape index (κ2) is 9.97. The van der Waals surface area contributed by atoms with Gasteiger partial charge in [0.15, 0.2) is 0 Å². The molecule has 1 amide bonds. The smallest absolute Gasteiger partial charge is 0.412 e. The van der Waals surface area contributed by atoms with Crippen molar-refractivity contribution in [1.82, 2.24) is 4.31 Å². The summed E-state index contributed by atoms with van der Waals surface area (Å²) in [6, 6.07) is 22.5. The zero-order valence-corrected chi connectivity index (χ0v) is 19.5. The predicted molar refractivity (Wildman–Crippen MR) is 126 cm³/mol. The van der Waals surface area contributed by atoms with E-state index in [1.165, 1.54) is 11.4 Å². The molecule has 0 aliphatic carbocycles. The van der Waals surface area contributed by atoms with Gasteiger partial charge >= 0.3 is 6.09 Å². The molecule has 0 aromatic heterocycles. The Morgan fingerprint density at radius 1 is 0.875 bits per heavy atom. The van der Waals surface area contributed by atoms with Crippen LogP contribution in [0.4, 0.5) is 10.5 Å². The number of anilines is 1. The number of nitrogens with zero attached hydrogens (tertiary/aromatic N) is 1. The van der Waals surface area contributed by atoms with Gasteiger partial charge in [0.05, 0.1) is 10.9 Å². The highest BCUT2D eigenvalue weighted by Gasteiger charge is 2.33. The van der Waals surface area contributed by atoms with Crippen LogP contribution >= 0.6 is 0 Å². The van der Waals surface area contributed by atoms with Crippen molar-refractivity contribution in [3.63, 3.8) is 0 Å². The zero-order chi connectivity index (χ0) is 23.3. The number of carbonyl (C=O) groups is 1. The SMILES string of the molecule is Cc1ccc(NC(=O)OC(c2ccccc2)C(C)N(C)S(=O)(=O)c2ccc(C)cc2)cc1. The average Bonchev–Trinajstić information content (AvgIpc) is 2.79. The molecule has 32 heavy (non-hydrogen) atoms. The summed E-state index contributed by atoms with van der Waals surface area (Å²) < 4.78 is 33.4. The molecule has 3 rings (SSSR count). The molecular formula is C25H28N2O4S. The van der Waals surface area contributed by atoms with E-state index >= 15 is 0 Å². The third kappa shape index (κ3) is 5.55. The largest absolute Gasteiger partial charge is 0.439 e. The third-order valence-electron chi connectivity index (χ3n) is 5.37. The first-order valence-electron chi connectivity index (χ1n) is 10.3. The number of sulfonamides is 1. The van der Waals surface area contributed by atoms with Gasteiger partial charge in [-0.2, -0.15) is 4.31 Å². The molecule has 1 N–H and O–H groups in total. The molecule has 6 nitrogen and oxygen atoms in total. The van der Waals surface area contributed by atoms with E-state index in [-0.39, 0.29) is 4.90 Å². The zero-order valence-electron chi connectivity index (χ0n) is 18.6.